The fraction of sp³-hybridized carbons (Fsp3) is 0.750. The van der Waals surface area contributed by atoms with Gasteiger partial charge in [0.1, 0.15) is 0 Å². The average Bonchev–Trinajstić information content (AvgIpc) is 3.39. The first-order chi connectivity index (χ1) is 10.8. The summed E-state index contributed by atoms with van der Waals surface area (Å²) in [6.45, 7) is 4.07. The third-order valence-electron chi connectivity index (χ3n) is 4.55. The lowest BCUT2D eigenvalue weighted by Gasteiger charge is -2.20. The molecule has 0 atom stereocenters. The maximum absolute atomic E-state index is 12.2. The third kappa shape index (κ3) is 7.29. The minimum atomic E-state index is 0.359. The molecule has 0 aromatic carbocycles. The van der Waals surface area contributed by atoms with Crippen LogP contribution in [0.25, 0.3) is 0 Å². The molecule has 2 heteroatoms. The van der Waals surface area contributed by atoms with E-state index in [0.717, 1.165) is 44.7 Å². The molecule has 2 aliphatic carbocycles. The summed E-state index contributed by atoms with van der Waals surface area (Å²) in [5.41, 5.74) is 0. The highest BCUT2D eigenvalue weighted by molar-refractivity contribution is 5.81. The molecule has 0 bridgehead atoms. The van der Waals surface area contributed by atoms with Crippen LogP contribution in [0.3, 0.4) is 0 Å². The molecule has 0 aliphatic heterocycles. The van der Waals surface area contributed by atoms with Gasteiger partial charge >= 0.3 is 0 Å². The van der Waals surface area contributed by atoms with Crippen molar-refractivity contribution in [3.63, 3.8) is 0 Å². The molecule has 0 aromatic heterocycles. The topological polar surface area (TPSA) is 20.3 Å². The molecule has 2 fully saturated rings. The van der Waals surface area contributed by atoms with Crippen LogP contribution in [-0.4, -0.2) is 23.9 Å². The zero-order valence-corrected chi connectivity index (χ0v) is 14.3. The quantitative estimate of drug-likeness (QED) is 0.362. The van der Waals surface area contributed by atoms with Crippen LogP contribution in [-0.2, 0) is 4.79 Å². The van der Waals surface area contributed by atoms with Gasteiger partial charge in [0.05, 0.1) is 0 Å². The van der Waals surface area contributed by atoms with E-state index in [1.54, 1.807) is 0 Å². The monoisotopic (exact) mass is 303 g/mol. The van der Waals surface area contributed by atoms with Gasteiger partial charge in [-0.2, -0.15) is 0 Å². The lowest BCUT2D eigenvalue weighted by atomic mass is 10.2. The molecule has 1 amide bonds. The van der Waals surface area contributed by atoms with E-state index in [4.69, 9.17) is 0 Å². The van der Waals surface area contributed by atoms with Gasteiger partial charge in [-0.3, -0.25) is 4.79 Å². The van der Waals surface area contributed by atoms with E-state index < -0.39 is 0 Å². The van der Waals surface area contributed by atoms with Crippen molar-refractivity contribution in [2.24, 2.45) is 11.8 Å². The number of carbonyl (C=O) groups is 1. The van der Waals surface area contributed by atoms with Crippen LogP contribution in [0.1, 0.15) is 71.1 Å². The Morgan fingerprint density at radius 2 is 1.64 bits per heavy atom. The Bertz CT molecular complexity index is 377. The molecule has 0 radical (unpaired) electrons. The number of unbranched alkanes of at least 4 members (excludes halogenated alkanes) is 4. The minimum Gasteiger partial charge on any atom is -0.338 e. The first-order valence-corrected chi connectivity index (χ1v) is 9.40. The van der Waals surface area contributed by atoms with E-state index in [0.29, 0.717) is 11.8 Å². The number of carbonyl (C=O) groups excluding carboxylic acids is 1. The zero-order chi connectivity index (χ0) is 15.6. The van der Waals surface area contributed by atoms with Crippen LogP contribution >= 0.6 is 0 Å². The van der Waals surface area contributed by atoms with Crippen molar-refractivity contribution in [2.45, 2.75) is 71.1 Å². The summed E-state index contributed by atoms with van der Waals surface area (Å²) in [5.74, 6) is 1.56. The summed E-state index contributed by atoms with van der Waals surface area (Å²) in [7, 11) is 0. The van der Waals surface area contributed by atoms with Gasteiger partial charge in [0.2, 0.25) is 5.91 Å². The number of amides is 1. The first kappa shape index (κ1) is 17.3. The summed E-state index contributed by atoms with van der Waals surface area (Å²) in [4.78, 5) is 14.3. The van der Waals surface area contributed by atoms with Gasteiger partial charge in [-0.1, -0.05) is 44.1 Å². The van der Waals surface area contributed by atoms with Crippen LogP contribution in [0.4, 0.5) is 0 Å². The number of rotatable bonds is 12. The predicted molar refractivity (Wildman–Crippen MR) is 93.7 cm³/mol. The summed E-state index contributed by atoms with van der Waals surface area (Å²) >= 11 is 0. The van der Waals surface area contributed by atoms with Crippen LogP contribution in [0.2, 0.25) is 0 Å². The number of hydrogen-bond donors (Lipinski definition) is 0. The zero-order valence-electron chi connectivity index (χ0n) is 14.3. The fourth-order valence-corrected chi connectivity index (χ4v) is 2.72. The van der Waals surface area contributed by atoms with Crippen LogP contribution in [0.5, 0.6) is 0 Å². The lowest BCUT2D eigenvalue weighted by Crippen LogP contribution is -2.34. The molecule has 2 rings (SSSR count). The Labute approximate surface area is 136 Å². The number of allylic oxidation sites excluding steroid dienone is 3. The summed E-state index contributed by atoms with van der Waals surface area (Å²) < 4.78 is 0. The second-order valence-corrected chi connectivity index (χ2v) is 6.98. The van der Waals surface area contributed by atoms with Gasteiger partial charge in [0, 0.05) is 19.0 Å². The molecule has 0 aromatic rings. The molecular formula is C20H33NO. The highest BCUT2D eigenvalue weighted by Crippen LogP contribution is 2.34. The normalized spacial score (nSPS) is 18.4. The largest absolute Gasteiger partial charge is 0.338 e. The highest BCUT2D eigenvalue weighted by atomic mass is 16.2. The molecule has 2 saturated carbocycles. The van der Waals surface area contributed by atoms with Crippen molar-refractivity contribution >= 4 is 5.91 Å². The summed E-state index contributed by atoms with van der Waals surface area (Å²) in [5, 5.41) is 0. The van der Waals surface area contributed by atoms with Crippen LogP contribution < -0.4 is 0 Å². The van der Waals surface area contributed by atoms with Crippen molar-refractivity contribution in [2.75, 3.05) is 13.1 Å². The Morgan fingerprint density at radius 3 is 2.27 bits per heavy atom. The van der Waals surface area contributed by atoms with Crippen molar-refractivity contribution in [1.82, 2.24) is 4.90 Å². The summed E-state index contributed by atoms with van der Waals surface area (Å²) in [6, 6.07) is 0. The van der Waals surface area contributed by atoms with Crippen molar-refractivity contribution < 1.29 is 4.79 Å². The van der Waals surface area contributed by atoms with Gasteiger partial charge in [-0.25, -0.2) is 0 Å². The van der Waals surface area contributed by atoms with E-state index in [1.807, 2.05) is 0 Å². The SMILES string of the molecule is CCCCC/C=C\CC/C=C/CN(CC1CC1)C(=O)C1CC1. The van der Waals surface area contributed by atoms with Gasteiger partial charge in [0.25, 0.3) is 0 Å². The summed E-state index contributed by atoms with van der Waals surface area (Å²) in [6.07, 6.45) is 21.4. The molecule has 0 spiro atoms. The second kappa shape index (κ2) is 9.86. The molecule has 0 heterocycles. The van der Waals surface area contributed by atoms with Gasteiger partial charge < -0.3 is 4.90 Å². The smallest absolute Gasteiger partial charge is 0.225 e. The Morgan fingerprint density at radius 1 is 0.955 bits per heavy atom. The standard InChI is InChI=1S/C20H33NO/c1-2-3-4-5-6-7-8-9-10-11-16-21(17-18-12-13-18)20(22)19-14-15-19/h6-7,10-11,18-19H,2-5,8-9,12-17H2,1H3/b7-6-,11-10+. The lowest BCUT2D eigenvalue weighted by molar-refractivity contribution is -0.132. The van der Waals surface area contributed by atoms with Crippen LogP contribution in [0.15, 0.2) is 24.3 Å². The van der Waals surface area contributed by atoms with Crippen molar-refractivity contribution in [1.29, 1.82) is 0 Å². The van der Waals surface area contributed by atoms with Gasteiger partial charge in [0.15, 0.2) is 0 Å². The highest BCUT2D eigenvalue weighted by Gasteiger charge is 2.35. The van der Waals surface area contributed by atoms with E-state index in [1.165, 1.54) is 38.5 Å². The molecule has 2 nitrogen and oxygen atoms in total. The molecule has 22 heavy (non-hydrogen) atoms. The maximum atomic E-state index is 12.2. The Balaban J connectivity index is 1.56. The van der Waals surface area contributed by atoms with E-state index in [-0.39, 0.29) is 0 Å². The molecule has 0 saturated heterocycles. The van der Waals surface area contributed by atoms with Crippen molar-refractivity contribution in [3.05, 3.63) is 24.3 Å². The molecule has 124 valence electrons. The van der Waals surface area contributed by atoms with E-state index >= 15 is 0 Å². The second-order valence-electron chi connectivity index (χ2n) is 6.98. The first-order valence-electron chi connectivity index (χ1n) is 9.40. The Kier molecular flexibility index (Phi) is 7.76. The number of hydrogen-bond acceptors (Lipinski definition) is 1. The van der Waals surface area contributed by atoms with Gasteiger partial charge in [-0.15, -0.1) is 0 Å². The predicted octanol–water partition coefficient (Wildman–Crippen LogP) is 5.11. The maximum Gasteiger partial charge on any atom is 0.225 e. The molecule has 2 aliphatic rings. The van der Waals surface area contributed by atoms with Gasteiger partial charge in [-0.05, 0) is 57.3 Å². The molecule has 0 N–H and O–H groups in total. The number of nitrogens with zero attached hydrogens (tertiary/aromatic N) is 1. The van der Waals surface area contributed by atoms with E-state index in [9.17, 15) is 4.79 Å². The third-order valence-corrected chi connectivity index (χ3v) is 4.55. The Hall–Kier alpha value is -1.05. The minimum absolute atomic E-state index is 0.359. The van der Waals surface area contributed by atoms with Crippen molar-refractivity contribution in [3.8, 4) is 0 Å². The fourth-order valence-electron chi connectivity index (χ4n) is 2.72. The molecule has 0 unspecified atom stereocenters. The van der Waals surface area contributed by atoms with E-state index in [2.05, 4.69) is 36.1 Å². The van der Waals surface area contributed by atoms with Crippen LogP contribution in [0, 0.1) is 11.8 Å². The molecular weight excluding hydrogens is 270 g/mol. The average molecular weight is 303 g/mol.